The molecular formula is C13H25IN4O. The second-order valence-corrected chi connectivity index (χ2v) is 5.23. The summed E-state index contributed by atoms with van der Waals surface area (Å²) in [5.74, 6) is 1.38. The number of guanidine groups is 1. The van der Waals surface area contributed by atoms with E-state index in [0.717, 1.165) is 12.0 Å². The first kappa shape index (κ1) is 18.2. The summed E-state index contributed by atoms with van der Waals surface area (Å²) in [6.07, 6.45) is 1.16. The van der Waals surface area contributed by atoms with Gasteiger partial charge in [0.1, 0.15) is 6.54 Å². The smallest absolute Gasteiger partial charge is 0.243 e. The summed E-state index contributed by atoms with van der Waals surface area (Å²) in [4.78, 5) is 17.3. The van der Waals surface area contributed by atoms with Crippen molar-refractivity contribution in [2.75, 3.05) is 27.2 Å². The predicted octanol–water partition coefficient (Wildman–Crippen LogP) is 1.21. The minimum atomic E-state index is -0.00438. The van der Waals surface area contributed by atoms with Crippen LogP contribution in [0.1, 0.15) is 20.3 Å². The third-order valence-corrected chi connectivity index (χ3v) is 2.86. The normalized spacial score (nSPS) is 21.2. The molecular weight excluding hydrogens is 355 g/mol. The topological polar surface area (TPSA) is 56.7 Å². The van der Waals surface area contributed by atoms with Gasteiger partial charge in [0.05, 0.1) is 0 Å². The number of rotatable bonds is 5. The van der Waals surface area contributed by atoms with Crippen LogP contribution in [0.4, 0.5) is 0 Å². The van der Waals surface area contributed by atoms with Gasteiger partial charge in [-0.25, -0.2) is 4.99 Å². The molecule has 5 nitrogen and oxygen atoms in total. The lowest BCUT2D eigenvalue weighted by molar-refractivity contribution is -0.127. The van der Waals surface area contributed by atoms with E-state index in [2.05, 4.69) is 29.1 Å². The van der Waals surface area contributed by atoms with Gasteiger partial charge in [-0.15, -0.1) is 24.0 Å². The lowest BCUT2D eigenvalue weighted by atomic mass is 10.3. The Kier molecular flexibility index (Phi) is 8.05. The number of hydrogen-bond acceptors (Lipinski definition) is 2. The maximum atomic E-state index is 11.5. The summed E-state index contributed by atoms with van der Waals surface area (Å²) in [5, 5.41) is 6.49. The number of likely N-dealkylation sites (N-methyl/N-ethyl adjacent to an activating group) is 1. The first-order chi connectivity index (χ1) is 8.40. The fraction of sp³-hybridized carbons (Fsp3) is 0.692. The number of nitrogens with one attached hydrogen (secondary N) is 2. The Balaban J connectivity index is 0.00000324. The van der Waals surface area contributed by atoms with Crippen LogP contribution in [-0.4, -0.2) is 50.0 Å². The molecule has 0 aromatic carbocycles. The Hall–Kier alpha value is -0.790. The molecule has 1 saturated carbocycles. The van der Waals surface area contributed by atoms with E-state index < -0.39 is 0 Å². The van der Waals surface area contributed by atoms with Gasteiger partial charge in [0.15, 0.2) is 5.96 Å². The molecule has 0 radical (unpaired) electrons. The van der Waals surface area contributed by atoms with Crippen molar-refractivity contribution >= 4 is 35.8 Å². The van der Waals surface area contributed by atoms with Crippen molar-refractivity contribution in [2.24, 2.45) is 10.9 Å². The van der Waals surface area contributed by atoms with Crippen molar-refractivity contribution in [1.82, 2.24) is 15.5 Å². The maximum absolute atomic E-state index is 11.5. The molecule has 1 amide bonds. The zero-order valence-corrected chi connectivity index (χ0v) is 14.5. The van der Waals surface area contributed by atoms with Crippen LogP contribution in [-0.2, 0) is 4.79 Å². The summed E-state index contributed by atoms with van der Waals surface area (Å²) < 4.78 is 0. The van der Waals surface area contributed by atoms with Crippen molar-refractivity contribution in [3.63, 3.8) is 0 Å². The van der Waals surface area contributed by atoms with Crippen LogP contribution in [0.15, 0.2) is 17.1 Å². The Morgan fingerprint density at radius 2 is 2.05 bits per heavy atom. The molecule has 2 atom stereocenters. The molecule has 1 rings (SSSR count). The van der Waals surface area contributed by atoms with Crippen LogP contribution in [0.5, 0.6) is 0 Å². The van der Waals surface area contributed by atoms with Gasteiger partial charge in [-0.2, -0.15) is 0 Å². The lowest BCUT2D eigenvalue weighted by Crippen LogP contribution is -2.40. The van der Waals surface area contributed by atoms with Gasteiger partial charge in [-0.1, -0.05) is 19.1 Å². The van der Waals surface area contributed by atoms with E-state index in [1.54, 1.807) is 19.0 Å². The van der Waals surface area contributed by atoms with E-state index in [1.807, 2.05) is 6.92 Å². The molecule has 0 aliphatic heterocycles. The summed E-state index contributed by atoms with van der Waals surface area (Å²) in [7, 11) is 3.46. The summed E-state index contributed by atoms with van der Waals surface area (Å²) in [6.45, 7) is 8.82. The summed E-state index contributed by atoms with van der Waals surface area (Å²) in [6, 6.07) is 0.482. The zero-order valence-electron chi connectivity index (χ0n) is 12.2. The summed E-state index contributed by atoms with van der Waals surface area (Å²) in [5.41, 5.74) is 1.03. The van der Waals surface area contributed by atoms with Crippen LogP contribution in [0, 0.1) is 5.92 Å². The highest BCUT2D eigenvalue weighted by Crippen LogP contribution is 2.28. The number of hydrogen-bond donors (Lipinski definition) is 2. The Bertz CT molecular complexity index is 355. The highest BCUT2D eigenvalue weighted by atomic mass is 127. The van der Waals surface area contributed by atoms with Crippen molar-refractivity contribution < 1.29 is 4.79 Å². The van der Waals surface area contributed by atoms with Crippen LogP contribution >= 0.6 is 24.0 Å². The van der Waals surface area contributed by atoms with Gasteiger partial charge in [0, 0.05) is 26.7 Å². The quantitative estimate of drug-likeness (QED) is 0.326. The molecule has 1 fully saturated rings. The van der Waals surface area contributed by atoms with Crippen LogP contribution in [0.2, 0.25) is 0 Å². The van der Waals surface area contributed by atoms with Crippen LogP contribution in [0.3, 0.4) is 0 Å². The minimum Gasteiger partial charge on any atom is -0.353 e. The van der Waals surface area contributed by atoms with Crippen molar-refractivity contribution in [3.8, 4) is 0 Å². The van der Waals surface area contributed by atoms with Crippen molar-refractivity contribution in [1.29, 1.82) is 0 Å². The average molecular weight is 380 g/mol. The molecule has 0 aromatic rings. The number of nitrogens with zero attached hydrogens (tertiary/aromatic N) is 2. The highest BCUT2D eigenvalue weighted by molar-refractivity contribution is 14.0. The third-order valence-electron chi connectivity index (χ3n) is 2.86. The molecule has 1 aliphatic carbocycles. The van der Waals surface area contributed by atoms with E-state index in [9.17, 15) is 4.79 Å². The fourth-order valence-electron chi connectivity index (χ4n) is 1.37. The standard InChI is InChI=1S/C13H24N4O.HI/c1-9(2)7-14-13(16-11-6-10(11)3)15-8-12(18)17(4)5;/h10-11H,1,6-8H2,2-5H3,(H2,14,15,16);1H. The molecule has 1 aliphatic rings. The van der Waals surface area contributed by atoms with Crippen LogP contribution < -0.4 is 10.6 Å². The number of aliphatic imine (C=N–C) groups is 1. The molecule has 0 heterocycles. The fourth-order valence-corrected chi connectivity index (χ4v) is 1.37. The van der Waals surface area contributed by atoms with Crippen molar-refractivity contribution in [3.05, 3.63) is 12.2 Å². The van der Waals surface area contributed by atoms with E-state index in [1.165, 1.54) is 0 Å². The third kappa shape index (κ3) is 7.39. The number of carbonyl (C=O) groups excluding carboxylic acids is 1. The largest absolute Gasteiger partial charge is 0.353 e. The SMILES string of the molecule is C=C(C)CNC(=NCC(=O)N(C)C)NC1CC1C.I. The molecule has 110 valence electrons. The monoisotopic (exact) mass is 380 g/mol. The average Bonchev–Trinajstić information content (AvgIpc) is 2.97. The molecule has 6 heteroatoms. The van der Waals surface area contributed by atoms with Crippen LogP contribution in [0.25, 0.3) is 0 Å². The van der Waals surface area contributed by atoms with E-state index in [0.29, 0.717) is 24.5 Å². The van der Waals surface area contributed by atoms with E-state index in [4.69, 9.17) is 0 Å². The molecule has 0 spiro atoms. The molecule has 0 aromatic heterocycles. The van der Waals surface area contributed by atoms with Crippen molar-refractivity contribution in [2.45, 2.75) is 26.3 Å². The first-order valence-corrected chi connectivity index (χ1v) is 6.29. The highest BCUT2D eigenvalue weighted by Gasteiger charge is 2.33. The Morgan fingerprint density at radius 1 is 1.47 bits per heavy atom. The van der Waals surface area contributed by atoms with Gasteiger partial charge in [-0.3, -0.25) is 4.79 Å². The number of carbonyl (C=O) groups is 1. The number of halogens is 1. The first-order valence-electron chi connectivity index (χ1n) is 6.29. The minimum absolute atomic E-state index is 0. The van der Waals surface area contributed by atoms with Gasteiger partial charge in [-0.05, 0) is 19.3 Å². The molecule has 0 bridgehead atoms. The molecule has 2 unspecified atom stereocenters. The molecule has 2 N–H and O–H groups in total. The van der Waals surface area contributed by atoms with Gasteiger partial charge < -0.3 is 15.5 Å². The maximum Gasteiger partial charge on any atom is 0.243 e. The predicted molar refractivity (Wildman–Crippen MR) is 89.9 cm³/mol. The van der Waals surface area contributed by atoms with E-state index >= 15 is 0 Å². The molecule has 0 saturated heterocycles. The Labute approximate surface area is 132 Å². The Morgan fingerprint density at radius 3 is 2.47 bits per heavy atom. The van der Waals surface area contributed by atoms with Gasteiger partial charge in [0.25, 0.3) is 0 Å². The lowest BCUT2D eigenvalue weighted by Gasteiger charge is -2.13. The second-order valence-electron chi connectivity index (χ2n) is 5.23. The van der Waals surface area contributed by atoms with E-state index in [-0.39, 0.29) is 36.4 Å². The van der Waals surface area contributed by atoms with Gasteiger partial charge >= 0.3 is 0 Å². The second kappa shape index (κ2) is 8.39. The molecule has 19 heavy (non-hydrogen) atoms. The van der Waals surface area contributed by atoms with Gasteiger partial charge in [0.2, 0.25) is 5.91 Å². The summed E-state index contributed by atoms with van der Waals surface area (Å²) >= 11 is 0. The number of amides is 1. The zero-order chi connectivity index (χ0) is 13.7.